The maximum atomic E-state index is 5.83. The Kier molecular flexibility index (Phi) is 3.00. The molecule has 1 aromatic heterocycles. The molecule has 0 saturated heterocycles. The molecule has 0 aliphatic rings. The number of nitrogens with one attached hydrogen (secondary N) is 1. The first kappa shape index (κ1) is 11.8. The quantitative estimate of drug-likeness (QED) is 0.735. The van der Waals surface area contributed by atoms with E-state index in [4.69, 9.17) is 4.74 Å². The fourth-order valence-corrected chi connectivity index (χ4v) is 2.28. The fourth-order valence-electron chi connectivity index (χ4n) is 2.28. The van der Waals surface area contributed by atoms with Gasteiger partial charge in [-0.1, -0.05) is 30.3 Å². The van der Waals surface area contributed by atoms with Gasteiger partial charge in [0.25, 0.3) is 0 Å². The van der Waals surface area contributed by atoms with E-state index in [9.17, 15) is 0 Å². The summed E-state index contributed by atoms with van der Waals surface area (Å²) in [7, 11) is 0. The smallest absolute Gasteiger partial charge is 0.121 e. The number of H-pyrrole nitrogens is 1. The molecular formula is C17H17NO. The van der Waals surface area contributed by atoms with E-state index in [0.29, 0.717) is 6.61 Å². The first-order valence-corrected chi connectivity index (χ1v) is 6.50. The summed E-state index contributed by atoms with van der Waals surface area (Å²) in [5.41, 5.74) is 4.85. The number of ether oxygens (including phenoxy) is 1. The Bertz CT molecular complexity index is 698. The number of aromatic amines is 1. The monoisotopic (exact) mass is 251 g/mol. The Hall–Kier alpha value is -2.22. The van der Waals surface area contributed by atoms with Crippen LogP contribution in [0.3, 0.4) is 0 Å². The van der Waals surface area contributed by atoms with E-state index in [1.807, 2.05) is 24.3 Å². The highest BCUT2D eigenvalue weighted by molar-refractivity contribution is 5.85. The highest BCUT2D eigenvalue weighted by Crippen LogP contribution is 2.25. The molecule has 0 aliphatic carbocycles. The predicted octanol–water partition coefficient (Wildman–Crippen LogP) is 4.36. The summed E-state index contributed by atoms with van der Waals surface area (Å²) in [5, 5.41) is 1.27. The SMILES string of the molecule is Cc1[nH]c2cc(OCc3ccccc3)ccc2c1C. The minimum Gasteiger partial charge on any atom is -0.489 e. The van der Waals surface area contributed by atoms with E-state index >= 15 is 0 Å². The minimum atomic E-state index is 0.602. The van der Waals surface area contributed by atoms with Crippen LogP contribution in [0.5, 0.6) is 5.75 Å². The average molecular weight is 251 g/mol. The van der Waals surface area contributed by atoms with E-state index in [1.54, 1.807) is 0 Å². The minimum absolute atomic E-state index is 0.602. The Labute approximate surface area is 113 Å². The number of hydrogen-bond donors (Lipinski definition) is 1. The number of rotatable bonds is 3. The second-order valence-corrected chi connectivity index (χ2v) is 4.86. The van der Waals surface area contributed by atoms with Crippen molar-refractivity contribution in [1.82, 2.24) is 4.98 Å². The molecule has 0 saturated carbocycles. The van der Waals surface area contributed by atoms with Gasteiger partial charge >= 0.3 is 0 Å². The zero-order chi connectivity index (χ0) is 13.2. The summed E-state index contributed by atoms with van der Waals surface area (Å²) in [6.07, 6.45) is 0. The Balaban J connectivity index is 1.82. The molecule has 2 nitrogen and oxygen atoms in total. The van der Waals surface area contributed by atoms with E-state index in [0.717, 1.165) is 11.3 Å². The highest BCUT2D eigenvalue weighted by atomic mass is 16.5. The van der Waals surface area contributed by atoms with Crippen molar-refractivity contribution in [3.63, 3.8) is 0 Å². The van der Waals surface area contributed by atoms with Crippen molar-refractivity contribution in [2.45, 2.75) is 20.5 Å². The van der Waals surface area contributed by atoms with Gasteiger partial charge in [-0.05, 0) is 37.1 Å². The van der Waals surface area contributed by atoms with Crippen LogP contribution in [-0.4, -0.2) is 4.98 Å². The zero-order valence-electron chi connectivity index (χ0n) is 11.2. The van der Waals surface area contributed by atoms with Crippen molar-refractivity contribution in [2.75, 3.05) is 0 Å². The summed E-state index contributed by atoms with van der Waals surface area (Å²) in [4.78, 5) is 3.39. The van der Waals surface area contributed by atoms with Crippen molar-refractivity contribution in [3.8, 4) is 5.75 Å². The van der Waals surface area contributed by atoms with Crippen LogP contribution in [0.15, 0.2) is 48.5 Å². The number of benzene rings is 2. The molecule has 19 heavy (non-hydrogen) atoms. The van der Waals surface area contributed by atoms with Crippen LogP contribution in [0.25, 0.3) is 10.9 Å². The Morgan fingerprint density at radius 1 is 1.00 bits per heavy atom. The third-order valence-electron chi connectivity index (χ3n) is 3.53. The Morgan fingerprint density at radius 3 is 2.58 bits per heavy atom. The van der Waals surface area contributed by atoms with Crippen molar-refractivity contribution in [2.24, 2.45) is 0 Å². The first-order chi connectivity index (χ1) is 9.24. The molecule has 1 N–H and O–H groups in total. The fraction of sp³-hybridized carbons (Fsp3) is 0.176. The lowest BCUT2D eigenvalue weighted by Gasteiger charge is -2.06. The molecule has 0 atom stereocenters. The lowest BCUT2D eigenvalue weighted by Crippen LogP contribution is -1.94. The molecule has 2 aromatic carbocycles. The molecular weight excluding hydrogens is 234 g/mol. The Morgan fingerprint density at radius 2 is 1.79 bits per heavy atom. The van der Waals surface area contributed by atoms with Gasteiger partial charge in [0.2, 0.25) is 0 Å². The topological polar surface area (TPSA) is 25.0 Å². The molecule has 0 radical (unpaired) electrons. The highest BCUT2D eigenvalue weighted by Gasteiger charge is 2.05. The van der Waals surface area contributed by atoms with Gasteiger partial charge in [0, 0.05) is 22.7 Å². The van der Waals surface area contributed by atoms with Gasteiger partial charge in [-0.3, -0.25) is 0 Å². The van der Waals surface area contributed by atoms with Crippen LogP contribution in [0.4, 0.5) is 0 Å². The van der Waals surface area contributed by atoms with Crippen LogP contribution < -0.4 is 4.74 Å². The third-order valence-corrected chi connectivity index (χ3v) is 3.53. The number of aromatic nitrogens is 1. The second kappa shape index (κ2) is 4.81. The van der Waals surface area contributed by atoms with Crippen LogP contribution in [0, 0.1) is 13.8 Å². The second-order valence-electron chi connectivity index (χ2n) is 4.86. The predicted molar refractivity (Wildman–Crippen MR) is 78.5 cm³/mol. The van der Waals surface area contributed by atoms with Crippen LogP contribution in [0.2, 0.25) is 0 Å². The summed E-state index contributed by atoms with van der Waals surface area (Å²) >= 11 is 0. The molecule has 0 spiro atoms. The summed E-state index contributed by atoms with van der Waals surface area (Å²) in [6, 6.07) is 16.4. The van der Waals surface area contributed by atoms with E-state index in [-0.39, 0.29) is 0 Å². The first-order valence-electron chi connectivity index (χ1n) is 6.50. The van der Waals surface area contributed by atoms with Gasteiger partial charge in [0.05, 0.1) is 0 Å². The molecule has 0 bridgehead atoms. The van der Waals surface area contributed by atoms with Crippen molar-refractivity contribution in [3.05, 3.63) is 65.4 Å². The molecule has 96 valence electrons. The molecule has 0 aliphatic heterocycles. The van der Waals surface area contributed by atoms with Crippen LogP contribution >= 0.6 is 0 Å². The molecule has 0 amide bonds. The molecule has 2 heteroatoms. The summed E-state index contributed by atoms with van der Waals surface area (Å²) in [6.45, 7) is 4.84. The van der Waals surface area contributed by atoms with E-state index < -0.39 is 0 Å². The van der Waals surface area contributed by atoms with Crippen LogP contribution in [-0.2, 0) is 6.61 Å². The summed E-state index contributed by atoms with van der Waals surface area (Å²) < 4.78 is 5.83. The maximum Gasteiger partial charge on any atom is 0.121 e. The largest absolute Gasteiger partial charge is 0.489 e. The zero-order valence-corrected chi connectivity index (χ0v) is 11.2. The normalized spacial score (nSPS) is 10.8. The molecule has 3 rings (SSSR count). The number of hydrogen-bond acceptors (Lipinski definition) is 1. The van der Waals surface area contributed by atoms with Gasteiger partial charge in [0.15, 0.2) is 0 Å². The molecule has 0 unspecified atom stereocenters. The lowest BCUT2D eigenvalue weighted by molar-refractivity contribution is 0.306. The van der Waals surface area contributed by atoms with Crippen molar-refractivity contribution in [1.29, 1.82) is 0 Å². The summed E-state index contributed by atoms with van der Waals surface area (Å²) in [5.74, 6) is 0.901. The van der Waals surface area contributed by atoms with Gasteiger partial charge < -0.3 is 9.72 Å². The third kappa shape index (κ3) is 2.34. The van der Waals surface area contributed by atoms with Gasteiger partial charge in [-0.2, -0.15) is 0 Å². The van der Waals surface area contributed by atoms with E-state index in [1.165, 1.54) is 22.2 Å². The number of fused-ring (bicyclic) bond motifs is 1. The van der Waals surface area contributed by atoms with Gasteiger partial charge in [-0.25, -0.2) is 0 Å². The number of aryl methyl sites for hydroxylation is 2. The molecule has 1 heterocycles. The molecule has 0 fully saturated rings. The van der Waals surface area contributed by atoms with Crippen LogP contribution in [0.1, 0.15) is 16.8 Å². The standard InChI is InChI=1S/C17H17NO/c1-12-13(2)18-17-10-15(8-9-16(12)17)19-11-14-6-4-3-5-7-14/h3-10,18H,11H2,1-2H3. The van der Waals surface area contributed by atoms with Gasteiger partial charge in [-0.15, -0.1) is 0 Å². The molecule has 3 aromatic rings. The van der Waals surface area contributed by atoms with E-state index in [2.05, 4.69) is 43.1 Å². The lowest BCUT2D eigenvalue weighted by atomic mass is 10.1. The van der Waals surface area contributed by atoms with Gasteiger partial charge in [0.1, 0.15) is 12.4 Å². The van der Waals surface area contributed by atoms with Crippen molar-refractivity contribution >= 4 is 10.9 Å². The average Bonchev–Trinajstić information content (AvgIpc) is 2.73. The van der Waals surface area contributed by atoms with Crippen molar-refractivity contribution < 1.29 is 4.74 Å². The maximum absolute atomic E-state index is 5.83.